The molecule has 0 fully saturated rings. The van der Waals surface area contributed by atoms with Crippen molar-refractivity contribution in [2.24, 2.45) is 0 Å². The molecular weight excluding hydrogens is 472 g/mol. The van der Waals surface area contributed by atoms with Gasteiger partial charge in [0, 0.05) is 17.4 Å². The van der Waals surface area contributed by atoms with Gasteiger partial charge in [-0.1, -0.05) is 101 Å². The van der Waals surface area contributed by atoms with Crippen LogP contribution in [0.4, 0.5) is 0 Å². The molecule has 3 rings (SSSR count). The van der Waals surface area contributed by atoms with Crippen LogP contribution >= 0.6 is 0 Å². The Labute approximate surface area is 223 Å². The van der Waals surface area contributed by atoms with Gasteiger partial charge in [0.15, 0.2) is 6.29 Å². The summed E-state index contributed by atoms with van der Waals surface area (Å²) in [5, 5.41) is 15.5. The van der Waals surface area contributed by atoms with Crippen LogP contribution in [0.5, 0.6) is 0 Å². The van der Waals surface area contributed by atoms with Crippen molar-refractivity contribution in [3.8, 4) is 0 Å². The van der Waals surface area contributed by atoms with Gasteiger partial charge in [-0.2, -0.15) is 15.3 Å². The predicted molar refractivity (Wildman–Crippen MR) is 141 cm³/mol. The quantitative estimate of drug-likeness (QED) is 0.278. The van der Waals surface area contributed by atoms with E-state index < -0.39 is 0 Å². The van der Waals surface area contributed by atoms with Crippen LogP contribution < -0.4 is 0 Å². The molecule has 0 aliphatic heterocycles. The van der Waals surface area contributed by atoms with Crippen molar-refractivity contribution >= 4 is 0 Å². The van der Waals surface area contributed by atoms with E-state index in [4.69, 9.17) is 15.3 Å². The normalized spacial score (nSPS) is 12.2. The molecule has 6 nitrogen and oxygen atoms in total. The van der Waals surface area contributed by atoms with Gasteiger partial charge < -0.3 is 0 Å². The van der Waals surface area contributed by atoms with E-state index in [0.29, 0.717) is 35.5 Å². The largest absolute Gasteiger partial charge is 0.283 e. The SMILES string of the molecule is CC(C)c1cc(C(C)C)n([C-](n2nc(C(C)C)cc2C(C)C)n2nc(C(C)C)cc2C(C)C)n1.[Cr]. The van der Waals surface area contributed by atoms with Crippen molar-refractivity contribution in [1.29, 1.82) is 0 Å². The van der Waals surface area contributed by atoms with Gasteiger partial charge >= 0.3 is 0 Å². The van der Waals surface area contributed by atoms with Gasteiger partial charge in [0.05, 0.1) is 17.1 Å². The van der Waals surface area contributed by atoms with Gasteiger partial charge in [-0.3, -0.25) is 14.0 Å². The number of hydrogen-bond donors (Lipinski definition) is 0. The predicted octanol–water partition coefficient (Wildman–Crippen LogP) is 7.41. The van der Waals surface area contributed by atoms with Gasteiger partial charge in [0.1, 0.15) is 0 Å². The molecule has 194 valence electrons. The molecule has 0 saturated heterocycles. The molecule has 0 amide bonds. The van der Waals surface area contributed by atoms with Gasteiger partial charge in [0.2, 0.25) is 0 Å². The van der Waals surface area contributed by atoms with Gasteiger partial charge in [-0.05, 0) is 52.6 Å². The fourth-order valence-electron chi connectivity index (χ4n) is 4.07. The minimum Gasteiger partial charge on any atom is -0.283 e. The monoisotopic (exact) mass is 517 g/mol. The Morgan fingerprint density at radius 3 is 0.857 bits per heavy atom. The van der Waals surface area contributed by atoms with Crippen molar-refractivity contribution < 1.29 is 17.4 Å². The maximum absolute atomic E-state index is 5.15. The fraction of sp³-hybridized carbons (Fsp3) is 0.643. The van der Waals surface area contributed by atoms with E-state index in [-0.39, 0.29) is 17.4 Å². The van der Waals surface area contributed by atoms with E-state index in [0.717, 1.165) is 23.4 Å². The first kappa shape index (κ1) is 29.3. The summed E-state index contributed by atoms with van der Waals surface area (Å²) < 4.78 is 6.31. The van der Waals surface area contributed by atoms with Crippen molar-refractivity contribution in [2.75, 3.05) is 0 Å². The van der Waals surface area contributed by atoms with Crippen LogP contribution in [0.2, 0.25) is 0 Å². The Balaban J connectivity index is 0.00000432. The van der Waals surface area contributed by atoms with Gasteiger partial charge in [-0.25, -0.2) is 0 Å². The topological polar surface area (TPSA) is 53.5 Å². The Morgan fingerprint density at radius 1 is 0.457 bits per heavy atom. The minimum absolute atomic E-state index is 0. The van der Waals surface area contributed by atoms with Crippen LogP contribution in [0.15, 0.2) is 18.2 Å². The first-order valence-corrected chi connectivity index (χ1v) is 13.0. The molecule has 35 heavy (non-hydrogen) atoms. The molecule has 3 heterocycles. The Hall–Kier alpha value is -1.97. The van der Waals surface area contributed by atoms with Crippen LogP contribution in [0.25, 0.3) is 0 Å². The number of nitrogens with zero attached hydrogens (tertiary/aromatic N) is 6. The average Bonchev–Trinajstić information content (AvgIpc) is 3.45. The number of hydrogen-bond acceptors (Lipinski definition) is 3. The van der Waals surface area contributed by atoms with Gasteiger partial charge in [-0.15, -0.1) is 0 Å². The first-order chi connectivity index (χ1) is 15.8. The summed E-state index contributed by atoms with van der Waals surface area (Å²) >= 11 is 0. The third-order valence-corrected chi connectivity index (χ3v) is 6.38. The van der Waals surface area contributed by atoms with E-state index >= 15 is 0 Å². The van der Waals surface area contributed by atoms with Crippen LogP contribution in [0, 0.1) is 6.29 Å². The summed E-state index contributed by atoms with van der Waals surface area (Å²) in [4.78, 5) is 0. The second-order valence-corrected chi connectivity index (χ2v) is 11.4. The van der Waals surface area contributed by atoms with E-state index in [1.165, 1.54) is 17.1 Å². The Morgan fingerprint density at radius 2 is 0.686 bits per heavy atom. The standard InChI is InChI=1S/C28H45N6.Cr/c1-16(2)22-13-25(19(7)8)32(29-22)28(33-26(20(9)10)14-23(30-33)17(3)4)34-27(21(11)12)15-24(31-34)18(5)6;/h13-21H,1-12H3;/q-1;. The molecule has 0 aliphatic rings. The second kappa shape index (κ2) is 11.4. The van der Waals surface area contributed by atoms with Crippen molar-refractivity contribution in [1.82, 2.24) is 29.3 Å². The van der Waals surface area contributed by atoms with Crippen LogP contribution in [0.3, 0.4) is 0 Å². The zero-order chi connectivity index (χ0) is 25.5. The molecule has 0 bridgehead atoms. The summed E-state index contributed by atoms with van der Waals surface area (Å²) in [5.41, 5.74) is 6.78. The molecular formula is C28H45CrN6-. The third kappa shape index (κ3) is 5.89. The molecule has 0 atom stereocenters. The fourth-order valence-corrected chi connectivity index (χ4v) is 4.07. The molecule has 3 aromatic rings. The molecule has 3 aromatic heterocycles. The molecule has 0 unspecified atom stereocenters. The summed E-state index contributed by atoms with van der Waals surface area (Å²) in [6.07, 6.45) is 0.877. The molecule has 0 saturated carbocycles. The molecule has 0 aliphatic carbocycles. The van der Waals surface area contributed by atoms with Crippen molar-refractivity contribution in [3.05, 3.63) is 58.7 Å². The maximum atomic E-state index is 5.15. The zero-order valence-corrected chi connectivity index (χ0v) is 25.1. The van der Waals surface area contributed by atoms with E-state index in [2.05, 4.69) is 115 Å². The smallest absolute Gasteiger partial charge is 0.161 e. The van der Waals surface area contributed by atoms with Crippen LogP contribution in [0.1, 0.15) is 153 Å². The molecule has 0 radical (unpaired) electrons. The second-order valence-electron chi connectivity index (χ2n) is 11.4. The molecule has 0 aromatic carbocycles. The van der Waals surface area contributed by atoms with Crippen LogP contribution in [-0.2, 0) is 17.4 Å². The Kier molecular flexibility index (Phi) is 9.53. The number of rotatable bonds is 9. The summed E-state index contributed by atoms with van der Waals surface area (Å²) in [5.74, 6) is 1.92. The van der Waals surface area contributed by atoms with E-state index in [1.54, 1.807) is 0 Å². The van der Waals surface area contributed by atoms with Crippen molar-refractivity contribution in [3.63, 3.8) is 0 Å². The van der Waals surface area contributed by atoms with Gasteiger partial charge in [0.25, 0.3) is 0 Å². The first-order valence-electron chi connectivity index (χ1n) is 13.0. The summed E-state index contributed by atoms with van der Waals surface area (Å²) in [6.45, 7) is 26.6. The summed E-state index contributed by atoms with van der Waals surface area (Å²) in [7, 11) is 0. The van der Waals surface area contributed by atoms with E-state index in [1.807, 2.05) is 0 Å². The molecule has 0 spiro atoms. The molecule has 7 heteroatoms. The average molecular weight is 518 g/mol. The van der Waals surface area contributed by atoms with E-state index in [9.17, 15) is 0 Å². The minimum atomic E-state index is 0. The number of aromatic nitrogens is 6. The zero-order valence-electron chi connectivity index (χ0n) is 23.8. The summed E-state index contributed by atoms with van der Waals surface area (Å²) in [6, 6.07) is 6.75. The Bertz CT molecular complexity index is 959. The third-order valence-electron chi connectivity index (χ3n) is 6.38. The van der Waals surface area contributed by atoms with Crippen molar-refractivity contribution in [2.45, 2.75) is 119 Å². The maximum Gasteiger partial charge on any atom is 0.161 e. The molecule has 0 N–H and O–H groups in total. The van der Waals surface area contributed by atoms with Crippen LogP contribution in [-0.4, -0.2) is 29.3 Å².